The summed E-state index contributed by atoms with van der Waals surface area (Å²) in [5.41, 5.74) is 0. The van der Waals surface area contributed by atoms with Gasteiger partial charge >= 0.3 is 6.09 Å². The molecular weight excluding hydrogens is 252 g/mol. The minimum atomic E-state index is -0.183. The lowest BCUT2D eigenvalue weighted by molar-refractivity contribution is 0.123. The summed E-state index contributed by atoms with van der Waals surface area (Å²) < 4.78 is 5.49. The van der Waals surface area contributed by atoms with Crippen molar-refractivity contribution in [1.82, 2.24) is 10.2 Å². The van der Waals surface area contributed by atoms with E-state index in [2.05, 4.69) is 5.32 Å². The van der Waals surface area contributed by atoms with E-state index in [1.165, 1.54) is 12.8 Å². The van der Waals surface area contributed by atoms with Crippen LogP contribution in [0.3, 0.4) is 0 Å². The van der Waals surface area contributed by atoms with Gasteiger partial charge in [0, 0.05) is 12.6 Å². The Hall–Kier alpha value is -1.55. The maximum absolute atomic E-state index is 12.4. The number of amides is 1. The zero-order valence-corrected chi connectivity index (χ0v) is 11.8. The number of nitrogens with one attached hydrogen (secondary N) is 1. The molecule has 1 amide bonds. The lowest BCUT2D eigenvalue weighted by atomic mass is 9.89. The van der Waals surface area contributed by atoms with Crippen molar-refractivity contribution in [2.45, 2.75) is 31.7 Å². The quantitative estimate of drug-likeness (QED) is 0.901. The number of hydrogen-bond acceptors (Lipinski definition) is 3. The van der Waals surface area contributed by atoms with E-state index in [-0.39, 0.29) is 6.09 Å². The largest absolute Gasteiger partial charge is 0.415 e. The van der Waals surface area contributed by atoms with Crippen molar-refractivity contribution in [2.75, 3.05) is 19.6 Å². The molecule has 1 aromatic carbocycles. The van der Waals surface area contributed by atoms with Gasteiger partial charge < -0.3 is 15.0 Å². The van der Waals surface area contributed by atoms with Crippen LogP contribution >= 0.6 is 0 Å². The van der Waals surface area contributed by atoms with Gasteiger partial charge in [0.2, 0.25) is 0 Å². The Morgan fingerprint density at radius 1 is 1.15 bits per heavy atom. The third kappa shape index (κ3) is 2.96. The molecule has 4 heteroatoms. The molecule has 3 rings (SSSR count). The van der Waals surface area contributed by atoms with E-state index < -0.39 is 0 Å². The van der Waals surface area contributed by atoms with Gasteiger partial charge in [-0.25, -0.2) is 4.79 Å². The normalized spacial score (nSPS) is 23.8. The van der Waals surface area contributed by atoms with Crippen LogP contribution in [0, 0.1) is 5.92 Å². The number of likely N-dealkylation sites (tertiary alicyclic amines) is 1. The van der Waals surface area contributed by atoms with Crippen molar-refractivity contribution in [1.29, 1.82) is 0 Å². The lowest BCUT2D eigenvalue weighted by Gasteiger charge is -2.33. The number of hydrogen-bond donors (Lipinski definition) is 1. The molecule has 0 saturated carbocycles. The van der Waals surface area contributed by atoms with Crippen molar-refractivity contribution in [3.8, 4) is 5.75 Å². The molecule has 2 aliphatic heterocycles. The molecule has 4 nitrogen and oxygen atoms in total. The summed E-state index contributed by atoms with van der Waals surface area (Å²) >= 11 is 0. The SMILES string of the molecule is O=C(Oc1ccccc1)N1CCCC1C1CCNCC1. The third-order valence-corrected chi connectivity index (χ3v) is 4.41. The van der Waals surface area contributed by atoms with E-state index in [4.69, 9.17) is 4.74 Å². The molecule has 1 unspecified atom stereocenters. The number of para-hydroxylation sites is 1. The van der Waals surface area contributed by atoms with Crippen molar-refractivity contribution in [3.05, 3.63) is 30.3 Å². The standard InChI is InChI=1S/C16H22N2O2/c19-16(20-14-5-2-1-3-6-14)18-12-4-7-15(18)13-8-10-17-11-9-13/h1-3,5-6,13,15,17H,4,7-12H2. The van der Waals surface area contributed by atoms with Crippen LogP contribution in [0.1, 0.15) is 25.7 Å². The van der Waals surface area contributed by atoms with E-state index in [9.17, 15) is 4.79 Å². The van der Waals surface area contributed by atoms with Crippen LogP contribution in [0.5, 0.6) is 5.75 Å². The van der Waals surface area contributed by atoms with Gasteiger partial charge in [-0.2, -0.15) is 0 Å². The second-order valence-electron chi connectivity index (χ2n) is 5.67. The molecule has 0 bridgehead atoms. The van der Waals surface area contributed by atoms with Gasteiger partial charge in [-0.15, -0.1) is 0 Å². The Kier molecular flexibility index (Phi) is 4.21. The van der Waals surface area contributed by atoms with Gasteiger partial charge in [-0.1, -0.05) is 18.2 Å². The van der Waals surface area contributed by atoms with Gasteiger partial charge in [-0.05, 0) is 56.8 Å². The predicted octanol–water partition coefficient (Wildman–Crippen LogP) is 2.65. The van der Waals surface area contributed by atoms with Crippen LogP contribution in [0.2, 0.25) is 0 Å². The zero-order chi connectivity index (χ0) is 13.8. The average Bonchev–Trinajstić information content (AvgIpc) is 2.99. The zero-order valence-electron chi connectivity index (χ0n) is 11.8. The van der Waals surface area contributed by atoms with E-state index in [0.717, 1.165) is 32.5 Å². The van der Waals surface area contributed by atoms with Gasteiger partial charge in [0.15, 0.2) is 0 Å². The third-order valence-electron chi connectivity index (χ3n) is 4.41. The maximum Gasteiger partial charge on any atom is 0.415 e. The van der Waals surface area contributed by atoms with Crippen LogP contribution < -0.4 is 10.1 Å². The topological polar surface area (TPSA) is 41.6 Å². The highest BCUT2D eigenvalue weighted by Crippen LogP contribution is 2.30. The second kappa shape index (κ2) is 6.27. The van der Waals surface area contributed by atoms with Gasteiger partial charge in [0.1, 0.15) is 5.75 Å². The maximum atomic E-state index is 12.4. The summed E-state index contributed by atoms with van der Waals surface area (Å²) in [6.07, 6.45) is 4.37. The van der Waals surface area contributed by atoms with Crippen molar-refractivity contribution < 1.29 is 9.53 Å². The molecule has 0 aliphatic carbocycles. The monoisotopic (exact) mass is 274 g/mol. The fourth-order valence-electron chi connectivity index (χ4n) is 3.39. The smallest absolute Gasteiger partial charge is 0.410 e. The number of nitrogens with zero attached hydrogens (tertiary/aromatic N) is 1. The molecule has 2 aliphatic rings. The number of carbonyl (C=O) groups excluding carboxylic acids is 1. The highest BCUT2D eigenvalue weighted by Gasteiger charge is 2.36. The summed E-state index contributed by atoms with van der Waals surface area (Å²) in [4.78, 5) is 14.3. The molecule has 2 fully saturated rings. The second-order valence-corrected chi connectivity index (χ2v) is 5.67. The molecule has 2 heterocycles. The Labute approximate surface area is 120 Å². The molecule has 0 spiro atoms. The molecule has 108 valence electrons. The van der Waals surface area contributed by atoms with Crippen LogP contribution in [-0.2, 0) is 0 Å². The van der Waals surface area contributed by atoms with Gasteiger partial charge in [0.25, 0.3) is 0 Å². The fourth-order valence-corrected chi connectivity index (χ4v) is 3.39. The molecule has 1 aromatic rings. The first-order chi connectivity index (χ1) is 9.84. The summed E-state index contributed by atoms with van der Waals surface area (Å²) in [6.45, 7) is 2.98. The van der Waals surface area contributed by atoms with Crippen molar-refractivity contribution in [2.24, 2.45) is 5.92 Å². The molecule has 0 radical (unpaired) electrons. The Morgan fingerprint density at radius 3 is 2.65 bits per heavy atom. The summed E-state index contributed by atoms with van der Waals surface area (Å²) in [7, 11) is 0. The van der Waals surface area contributed by atoms with E-state index in [1.807, 2.05) is 35.2 Å². The molecule has 20 heavy (non-hydrogen) atoms. The first kappa shape index (κ1) is 13.4. The Bertz CT molecular complexity index is 443. The minimum absolute atomic E-state index is 0.183. The molecule has 1 atom stereocenters. The van der Waals surface area contributed by atoms with E-state index in [1.54, 1.807) is 0 Å². The molecule has 2 saturated heterocycles. The number of rotatable bonds is 2. The minimum Gasteiger partial charge on any atom is -0.410 e. The van der Waals surface area contributed by atoms with Gasteiger partial charge in [-0.3, -0.25) is 0 Å². The number of ether oxygens (including phenoxy) is 1. The number of piperidine rings is 1. The summed E-state index contributed by atoms with van der Waals surface area (Å²) in [5, 5.41) is 3.39. The molecule has 1 N–H and O–H groups in total. The highest BCUT2D eigenvalue weighted by atomic mass is 16.6. The van der Waals surface area contributed by atoms with Crippen LogP contribution in [0.15, 0.2) is 30.3 Å². The fraction of sp³-hybridized carbons (Fsp3) is 0.562. The lowest BCUT2D eigenvalue weighted by Crippen LogP contribution is -2.44. The van der Waals surface area contributed by atoms with Crippen LogP contribution in [0.4, 0.5) is 4.79 Å². The molecular formula is C16H22N2O2. The summed E-state index contributed by atoms with van der Waals surface area (Å²) in [5.74, 6) is 1.26. The van der Waals surface area contributed by atoms with Crippen molar-refractivity contribution >= 4 is 6.09 Å². The van der Waals surface area contributed by atoms with Gasteiger partial charge in [0.05, 0.1) is 0 Å². The number of carbonyl (C=O) groups is 1. The Balaban J connectivity index is 1.64. The number of benzene rings is 1. The molecule has 0 aromatic heterocycles. The first-order valence-electron chi connectivity index (χ1n) is 7.59. The first-order valence-corrected chi connectivity index (χ1v) is 7.59. The van der Waals surface area contributed by atoms with Crippen LogP contribution in [-0.4, -0.2) is 36.7 Å². The van der Waals surface area contributed by atoms with E-state index in [0.29, 0.717) is 17.7 Å². The van der Waals surface area contributed by atoms with Crippen LogP contribution in [0.25, 0.3) is 0 Å². The average molecular weight is 274 g/mol. The summed E-state index contributed by atoms with van der Waals surface area (Å²) in [6, 6.07) is 9.72. The highest BCUT2D eigenvalue weighted by molar-refractivity contribution is 5.71. The Morgan fingerprint density at radius 2 is 1.90 bits per heavy atom. The van der Waals surface area contributed by atoms with E-state index >= 15 is 0 Å². The van der Waals surface area contributed by atoms with Crippen molar-refractivity contribution in [3.63, 3.8) is 0 Å². The predicted molar refractivity (Wildman–Crippen MR) is 77.8 cm³/mol.